The third kappa shape index (κ3) is 7.01. The summed E-state index contributed by atoms with van der Waals surface area (Å²) in [5.41, 5.74) is 18.6. The van der Waals surface area contributed by atoms with Crippen LogP contribution in [-0.2, 0) is 32.5 Å². The number of amidine groups is 1. The number of anilines is 1. The molecule has 46 heavy (non-hydrogen) atoms. The van der Waals surface area contributed by atoms with Crippen LogP contribution in [-0.4, -0.2) is 50.8 Å². The van der Waals surface area contributed by atoms with Gasteiger partial charge >= 0.3 is 0 Å². The smallest absolute Gasteiger partial charge is 0.258 e. The molecule has 1 aliphatic heterocycles. The summed E-state index contributed by atoms with van der Waals surface area (Å²) in [6, 6.07) is 26.1. The number of rotatable bonds is 12. The number of carbonyl (C=O) groups excluding carboxylic acids is 1. The predicted octanol–water partition coefficient (Wildman–Crippen LogP) is 5.29. The Morgan fingerprint density at radius 2 is 1.72 bits per heavy atom. The SMILES string of the molecule is CN1CCCC1CCn1c(CCc2ccc(C(=N)N)cc2)nc2cc(C(=O)N(Cc3ccc(CN)cc3)c3cccnc3)ccc21. The summed E-state index contributed by atoms with van der Waals surface area (Å²) >= 11 is 0. The molecule has 236 valence electrons. The van der Waals surface area contributed by atoms with Crippen molar-refractivity contribution in [1.82, 2.24) is 19.4 Å². The van der Waals surface area contributed by atoms with E-state index in [2.05, 4.69) is 27.6 Å². The Morgan fingerprint density at radius 1 is 0.978 bits per heavy atom. The number of benzene rings is 3. The van der Waals surface area contributed by atoms with E-state index >= 15 is 0 Å². The minimum atomic E-state index is -0.105. The van der Waals surface area contributed by atoms with Crippen LogP contribution in [0.1, 0.15) is 57.7 Å². The van der Waals surface area contributed by atoms with Gasteiger partial charge in [-0.15, -0.1) is 0 Å². The molecule has 0 radical (unpaired) electrons. The van der Waals surface area contributed by atoms with Crippen LogP contribution in [0.25, 0.3) is 11.0 Å². The molecule has 0 bridgehead atoms. The highest BCUT2D eigenvalue weighted by Gasteiger charge is 2.23. The van der Waals surface area contributed by atoms with Crippen molar-refractivity contribution in [2.24, 2.45) is 11.5 Å². The second kappa shape index (κ2) is 14.1. The van der Waals surface area contributed by atoms with Crippen LogP contribution in [0.15, 0.2) is 91.3 Å². The zero-order chi connectivity index (χ0) is 32.0. The van der Waals surface area contributed by atoms with Crippen LogP contribution in [0, 0.1) is 5.41 Å². The molecule has 0 aliphatic carbocycles. The summed E-state index contributed by atoms with van der Waals surface area (Å²) in [4.78, 5) is 27.8. The zero-order valence-electron chi connectivity index (χ0n) is 26.4. The average Bonchev–Trinajstić information content (AvgIpc) is 3.67. The molecule has 2 aromatic heterocycles. The molecule has 9 heteroatoms. The molecule has 1 fully saturated rings. The van der Waals surface area contributed by atoms with Crippen molar-refractivity contribution in [2.45, 2.75) is 57.8 Å². The van der Waals surface area contributed by atoms with Gasteiger partial charge in [-0.2, -0.15) is 0 Å². The zero-order valence-corrected chi connectivity index (χ0v) is 26.4. The van der Waals surface area contributed by atoms with Gasteiger partial charge in [0.1, 0.15) is 11.7 Å². The molecular weight excluding hydrogens is 572 g/mol. The number of aryl methyl sites for hydroxylation is 3. The molecular formula is C37H42N8O. The van der Waals surface area contributed by atoms with Gasteiger partial charge in [0, 0.05) is 42.9 Å². The molecule has 0 spiro atoms. The lowest BCUT2D eigenvalue weighted by Crippen LogP contribution is -2.30. The number of nitrogens with zero attached hydrogens (tertiary/aromatic N) is 5. The van der Waals surface area contributed by atoms with Crippen LogP contribution in [0.4, 0.5) is 5.69 Å². The van der Waals surface area contributed by atoms with Crippen LogP contribution in [0.5, 0.6) is 0 Å². The number of nitrogens with one attached hydrogen (secondary N) is 1. The molecule has 1 saturated heterocycles. The van der Waals surface area contributed by atoms with E-state index in [0.29, 0.717) is 24.7 Å². The first kappa shape index (κ1) is 31.1. The topological polar surface area (TPSA) is 130 Å². The Hall–Kier alpha value is -4.86. The predicted molar refractivity (Wildman–Crippen MR) is 184 cm³/mol. The van der Waals surface area contributed by atoms with Crippen LogP contribution < -0.4 is 16.4 Å². The fraction of sp³-hybridized carbons (Fsp3) is 0.297. The van der Waals surface area contributed by atoms with Gasteiger partial charge in [-0.3, -0.25) is 15.2 Å². The van der Waals surface area contributed by atoms with Crippen molar-refractivity contribution in [3.8, 4) is 0 Å². The third-order valence-electron chi connectivity index (χ3n) is 9.14. The van der Waals surface area contributed by atoms with Gasteiger partial charge < -0.3 is 25.8 Å². The number of hydrogen-bond acceptors (Lipinski definition) is 6. The van der Waals surface area contributed by atoms with E-state index in [4.69, 9.17) is 21.9 Å². The summed E-state index contributed by atoms with van der Waals surface area (Å²) in [5, 5.41) is 7.68. The quantitative estimate of drug-likeness (QED) is 0.129. The molecule has 1 aliphatic rings. The lowest BCUT2D eigenvalue weighted by molar-refractivity contribution is 0.0985. The Bertz CT molecular complexity index is 1800. The van der Waals surface area contributed by atoms with Gasteiger partial charge in [0.25, 0.3) is 5.91 Å². The number of likely N-dealkylation sites (tertiary alicyclic amines) is 1. The molecule has 1 atom stereocenters. The van der Waals surface area contributed by atoms with Crippen molar-refractivity contribution >= 4 is 28.5 Å². The molecule has 5 N–H and O–H groups in total. The van der Waals surface area contributed by atoms with E-state index < -0.39 is 0 Å². The standard InChI is InChI=1S/C37H42N8O/c1-43-20-3-5-31(43)18-21-44-34-16-15-30(22-33(34)42-35(44)17-12-26-10-13-29(14-11-26)36(39)40)37(46)45(32-4-2-19-41-24-32)25-28-8-6-27(23-38)7-9-28/h2,4,6-11,13-16,19,22,24,31H,3,5,12,17-18,20-21,23,25,38H2,1H3,(H3,39,40). The summed E-state index contributed by atoms with van der Waals surface area (Å²) in [5.74, 6) is 0.981. The lowest BCUT2D eigenvalue weighted by atomic mass is 10.1. The first-order valence-electron chi connectivity index (χ1n) is 16.0. The maximum Gasteiger partial charge on any atom is 0.258 e. The number of pyridine rings is 1. The second-order valence-electron chi connectivity index (χ2n) is 12.2. The number of hydrogen-bond donors (Lipinski definition) is 3. The largest absolute Gasteiger partial charge is 0.384 e. The fourth-order valence-electron chi connectivity index (χ4n) is 6.40. The van der Waals surface area contributed by atoms with Gasteiger partial charge in [0.15, 0.2) is 0 Å². The van der Waals surface area contributed by atoms with Crippen molar-refractivity contribution in [1.29, 1.82) is 5.41 Å². The number of amides is 1. The Morgan fingerprint density at radius 3 is 2.39 bits per heavy atom. The van der Waals surface area contributed by atoms with Gasteiger partial charge in [0.05, 0.1) is 29.5 Å². The van der Waals surface area contributed by atoms with E-state index in [-0.39, 0.29) is 11.7 Å². The Kier molecular flexibility index (Phi) is 9.51. The number of nitrogen functional groups attached to an aromatic ring is 1. The molecule has 1 unspecified atom stereocenters. The van der Waals surface area contributed by atoms with Gasteiger partial charge in [-0.25, -0.2) is 4.98 Å². The first-order chi connectivity index (χ1) is 22.4. The number of carbonyl (C=O) groups is 1. The Balaban J connectivity index is 1.30. The van der Waals surface area contributed by atoms with E-state index in [1.807, 2.05) is 72.8 Å². The number of fused-ring (bicyclic) bond motifs is 1. The van der Waals surface area contributed by atoms with Crippen LogP contribution in [0.2, 0.25) is 0 Å². The van der Waals surface area contributed by atoms with E-state index in [9.17, 15) is 4.79 Å². The van der Waals surface area contributed by atoms with Gasteiger partial charge in [-0.1, -0.05) is 48.5 Å². The normalized spacial score (nSPS) is 15.0. The van der Waals surface area contributed by atoms with Gasteiger partial charge in [-0.05, 0) is 86.3 Å². The summed E-state index contributed by atoms with van der Waals surface area (Å²) in [6.45, 7) is 2.90. The van der Waals surface area contributed by atoms with Crippen molar-refractivity contribution < 1.29 is 4.79 Å². The number of nitrogens with two attached hydrogens (primary N) is 2. The number of aromatic nitrogens is 3. The number of imidazole rings is 1. The van der Waals surface area contributed by atoms with Crippen molar-refractivity contribution in [3.63, 3.8) is 0 Å². The van der Waals surface area contributed by atoms with Gasteiger partial charge in [0.2, 0.25) is 0 Å². The highest BCUT2D eigenvalue weighted by atomic mass is 16.2. The minimum Gasteiger partial charge on any atom is -0.384 e. The lowest BCUT2D eigenvalue weighted by Gasteiger charge is -2.23. The molecule has 6 rings (SSSR count). The minimum absolute atomic E-state index is 0.0715. The second-order valence-corrected chi connectivity index (χ2v) is 12.2. The average molecular weight is 615 g/mol. The van der Waals surface area contributed by atoms with E-state index in [1.54, 1.807) is 17.3 Å². The maximum atomic E-state index is 14.1. The third-order valence-corrected chi connectivity index (χ3v) is 9.14. The maximum absolute atomic E-state index is 14.1. The summed E-state index contributed by atoms with van der Waals surface area (Å²) in [6.07, 6.45) is 8.53. The molecule has 9 nitrogen and oxygen atoms in total. The van der Waals surface area contributed by atoms with E-state index in [1.165, 1.54) is 18.4 Å². The summed E-state index contributed by atoms with van der Waals surface area (Å²) in [7, 11) is 2.22. The molecule has 1 amide bonds. The first-order valence-corrected chi connectivity index (χ1v) is 16.0. The van der Waals surface area contributed by atoms with Crippen LogP contribution >= 0.6 is 0 Å². The monoisotopic (exact) mass is 614 g/mol. The van der Waals surface area contributed by atoms with Crippen LogP contribution in [0.3, 0.4) is 0 Å². The summed E-state index contributed by atoms with van der Waals surface area (Å²) < 4.78 is 2.34. The highest BCUT2D eigenvalue weighted by molar-refractivity contribution is 6.07. The fourth-order valence-corrected chi connectivity index (χ4v) is 6.40. The highest BCUT2D eigenvalue weighted by Crippen LogP contribution is 2.26. The molecule has 3 heterocycles. The molecule has 0 saturated carbocycles. The molecule has 5 aromatic rings. The van der Waals surface area contributed by atoms with E-state index in [0.717, 1.165) is 71.6 Å². The molecule has 3 aromatic carbocycles. The van der Waals surface area contributed by atoms with Crippen molar-refractivity contribution in [2.75, 3.05) is 18.5 Å². The van der Waals surface area contributed by atoms with Crippen molar-refractivity contribution in [3.05, 3.63) is 125 Å². The Labute approximate surface area is 270 Å².